The zero-order valence-electron chi connectivity index (χ0n) is 1.92. The molecule has 0 saturated carbocycles. The van der Waals surface area contributed by atoms with Crippen LogP contribution in [0.3, 0.4) is 0 Å². The van der Waals surface area contributed by atoms with Gasteiger partial charge in [0.15, 0.2) is 0 Å². The van der Waals surface area contributed by atoms with Crippen molar-refractivity contribution in [3.63, 3.8) is 0 Å². The highest BCUT2D eigenvalue weighted by Gasteiger charge is 1.60. The van der Waals surface area contributed by atoms with Crippen molar-refractivity contribution in [2.75, 3.05) is 0 Å². The number of hydrogen-bond donors (Lipinski definition) is 3. The second kappa shape index (κ2) is 1.90. The third kappa shape index (κ3) is 17.9. The maximum absolute atomic E-state index is 4.67. The highest BCUT2D eigenvalue weighted by molar-refractivity contribution is 7.93. The molecule has 2 N–H and O–H groups in total. The Morgan fingerprint density at radius 1 is 1.50 bits per heavy atom. The van der Waals surface area contributed by atoms with Gasteiger partial charge in [-0.2, -0.15) is 0 Å². The van der Waals surface area contributed by atoms with E-state index < -0.39 is 0 Å². The largest absolute Gasteiger partial charge is 0.249 e. The first-order valence-electron chi connectivity index (χ1n) is 0.658. The van der Waals surface area contributed by atoms with Crippen molar-refractivity contribution in [1.82, 2.24) is 3.82 Å². The lowest BCUT2D eigenvalue weighted by atomic mass is 13.0. The zero-order chi connectivity index (χ0) is 3.58. The van der Waals surface area contributed by atoms with Crippen molar-refractivity contribution in [3.05, 3.63) is 0 Å². The van der Waals surface area contributed by atoms with Crippen LogP contribution in [-0.2, 0) is 0 Å². The molecule has 0 saturated heterocycles. The van der Waals surface area contributed by atoms with E-state index >= 15 is 0 Å². The maximum atomic E-state index is 4.67. The molecule has 0 aromatic heterocycles. The molecule has 0 atom stereocenters. The summed E-state index contributed by atoms with van der Waals surface area (Å²) in [7, 11) is 0. The molecule has 0 amide bonds. The van der Waals surface area contributed by atoms with E-state index in [1.165, 1.54) is 0 Å². The molecule has 0 spiro atoms. The van der Waals surface area contributed by atoms with Gasteiger partial charge >= 0.3 is 0 Å². The lowest BCUT2D eigenvalue weighted by Crippen LogP contribution is -2.04. The van der Waals surface area contributed by atoms with Crippen molar-refractivity contribution in [2.45, 2.75) is 0 Å². The highest BCUT2D eigenvalue weighted by Crippen LogP contribution is 1.79. The Hall–Kier alpha value is 0.620. The summed E-state index contributed by atoms with van der Waals surface area (Å²) in [6.07, 6.45) is 0. The van der Waals surface area contributed by atoms with Crippen LogP contribution in [0.4, 0.5) is 0 Å². The van der Waals surface area contributed by atoms with Crippen LogP contribution in [-0.4, -0.2) is 3.82 Å². The van der Waals surface area contributed by atoms with E-state index in [4.69, 9.17) is 0 Å². The molecule has 0 radical (unpaired) electrons. The van der Waals surface area contributed by atoms with Crippen LogP contribution in [0.15, 0.2) is 0 Å². The van der Waals surface area contributed by atoms with Gasteiger partial charge in [0.2, 0.25) is 0 Å². The topological polar surface area (TPSA) is 29.3 Å². The van der Waals surface area contributed by atoms with Gasteiger partial charge in [-0.05, 0) is 0 Å². The van der Waals surface area contributed by atoms with Crippen molar-refractivity contribution in [3.8, 4) is 0 Å². The van der Waals surface area contributed by atoms with Crippen molar-refractivity contribution in [2.24, 2.45) is 5.84 Å². The van der Waals surface area contributed by atoms with Crippen LogP contribution in [0, 0.1) is 0 Å². The third-order valence-corrected chi connectivity index (χ3v) is 0. The molecule has 2 nitrogen and oxygen atoms in total. The van der Waals surface area contributed by atoms with Crippen LogP contribution in [0.25, 0.3) is 0 Å². The van der Waals surface area contributed by atoms with Gasteiger partial charge < -0.3 is 0 Å². The number of hydrazine groups is 1. The van der Waals surface area contributed by atoms with Crippen LogP contribution in [0.5, 0.6) is 0 Å². The Bertz CT molecular complexity index is 8.75. The Labute approximate surface area is 36.0 Å². The smallest absolute Gasteiger partial charge is 0.0685 e. The Morgan fingerprint density at radius 3 is 1.50 bits per heavy atom. The summed E-state index contributed by atoms with van der Waals surface area (Å²) in [5.74, 6) is 4.67. The molecular weight excluding hydrogens is 92.1 g/mol. The number of nitrogens with two attached hydrogens (primary N) is 1. The number of thiol groups is 2. The van der Waals surface area contributed by atoms with Crippen molar-refractivity contribution < 1.29 is 0 Å². The monoisotopic (exact) mass is 96.0 g/mol. The number of nitrogens with zero attached hydrogens (tertiary/aromatic N) is 1. The number of rotatable bonds is 0. The summed E-state index contributed by atoms with van der Waals surface area (Å²) in [6.45, 7) is 0. The van der Waals surface area contributed by atoms with E-state index in [9.17, 15) is 0 Å². The summed E-state index contributed by atoms with van der Waals surface area (Å²) in [6, 6.07) is 0. The van der Waals surface area contributed by atoms with Crippen molar-refractivity contribution >= 4 is 25.6 Å². The number of hydrogen-bond acceptors (Lipinski definition) is 4. The van der Waals surface area contributed by atoms with Crippen LogP contribution in [0.2, 0.25) is 0 Å². The fraction of sp³-hybridized carbons (Fsp3) is 0. The van der Waals surface area contributed by atoms with E-state index in [1.807, 2.05) is 0 Å². The second-order valence-corrected chi connectivity index (χ2v) is 1.50. The minimum Gasteiger partial charge on any atom is -0.249 e. The average Bonchev–Trinajstić information content (AvgIpc) is 0.811. The van der Waals surface area contributed by atoms with E-state index in [2.05, 4.69) is 31.5 Å². The molecule has 0 aliphatic heterocycles. The van der Waals surface area contributed by atoms with Crippen molar-refractivity contribution in [1.29, 1.82) is 0 Å². The predicted octanol–water partition coefficient (Wildman–Crippen LogP) is -0.148. The molecule has 0 aromatic carbocycles. The van der Waals surface area contributed by atoms with Crippen LogP contribution in [0.1, 0.15) is 0 Å². The molecule has 0 heterocycles. The summed E-state index contributed by atoms with van der Waals surface area (Å²) < 4.78 is 0.889. The summed E-state index contributed by atoms with van der Waals surface area (Å²) in [5.41, 5.74) is 0. The Balaban J connectivity index is 2.32. The summed E-state index contributed by atoms with van der Waals surface area (Å²) >= 11 is 6.88. The third-order valence-electron chi connectivity index (χ3n) is 0. The van der Waals surface area contributed by atoms with E-state index in [0.717, 1.165) is 3.82 Å². The molecule has 0 bridgehead atoms. The van der Waals surface area contributed by atoms with Gasteiger partial charge in [-0.25, -0.2) is 5.84 Å². The molecular formula is H4N2S2. The average molecular weight is 96.2 g/mol. The predicted molar refractivity (Wildman–Crippen MR) is 24.0 cm³/mol. The van der Waals surface area contributed by atoms with Gasteiger partial charge in [0.05, 0.1) is 0 Å². The molecule has 0 fully saturated rings. The first-order valence-corrected chi connectivity index (χ1v) is 1.46. The van der Waals surface area contributed by atoms with Gasteiger partial charge in [-0.3, -0.25) is 0 Å². The first kappa shape index (κ1) is 4.62. The van der Waals surface area contributed by atoms with Gasteiger partial charge in [-0.15, -0.1) is 3.82 Å². The molecule has 4 heteroatoms. The quantitative estimate of drug-likeness (QED) is 0.222. The maximum Gasteiger partial charge on any atom is -0.0685 e. The normalized spacial score (nSPS) is 9.00. The molecule has 26 valence electrons. The summed E-state index contributed by atoms with van der Waals surface area (Å²) in [4.78, 5) is 0. The Morgan fingerprint density at radius 2 is 1.50 bits per heavy atom. The Kier molecular flexibility index (Phi) is 2.19. The molecule has 0 aliphatic carbocycles. The first-order chi connectivity index (χ1) is 1.73. The standard InChI is InChI=1S/H4N2S2/c1-2(3)4/h3-4H,1H2. The van der Waals surface area contributed by atoms with Gasteiger partial charge in [0.1, 0.15) is 0 Å². The fourth-order valence-electron chi connectivity index (χ4n) is 0. The lowest BCUT2D eigenvalue weighted by molar-refractivity contribution is 0.840. The van der Waals surface area contributed by atoms with Gasteiger partial charge in [-0.1, -0.05) is 25.6 Å². The van der Waals surface area contributed by atoms with E-state index in [-0.39, 0.29) is 0 Å². The molecule has 0 aliphatic rings. The minimum atomic E-state index is 0.889. The molecule has 0 aromatic rings. The minimum absolute atomic E-state index is 0.889. The molecule has 0 rings (SSSR count). The van der Waals surface area contributed by atoms with E-state index in [1.54, 1.807) is 0 Å². The highest BCUT2D eigenvalue weighted by atomic mass is 32.2. The fourth-order valence-corrected chi connectivity index (χ4v) is 0. The summed E-state index contributed by atoms with van der Waals surface area (Å²) in [5, 5.41) is 0. The van der Waals surface area contributed by atoms with E-state index in [0.29, 0.717) is 0 Å². The van der Waals surface area contributed by atoms with Gasteiger partial charge in [0, 0.05) is 0 Å². The zero-order valence-corrected chi connectivity index (χ0v) is 3.71. The van der Waals surface area contributed by atoms with Crippen LogP contribution >= 0.6 is 25.6 Å². The second-order valence-electron chi connectivity index (χ2n) is 0.320. The SMILES string of the molecule is NN(S)S. The lowest BCUT2D eigenvalue weighted by Gasteiger charge is -1.87. The van der Waals surface area contributed by atoms with Crippen LogP contribution < -0.4 is 5.84 Å². The molecule has 0 unspecified atom stereocenters. The molecule has 4 heavy (non-hydrogen) atoms. The van der Waals surface area contributed by atoms with Gasteiger partial charge in [0.25, 0.3) is 0 Å².